The molecular weight excluding hydrogens is 306 g/mol. The van der Waals surface area contributed by atoms with E-state index in [1.165, 1.54) is 4.88 Å². The van der Waals surface area contributed by atoms with Gasteiger partial charge in [0.25, 0.3) is 0 Å². The average Bonchev–Trinajstić information content (AvgIpc) is 2.77. The van der Waals surface area contributed by atoms with Crippen molar-refractivity contribution in [1.29, 1.82) is 0 Å². The Morgan fingerprint density at radius 1 is 1.44 bits per heavy atom. The number of rotatable bonds is 4. The first kappa shape index (κ1) is 12.2. The second kappa shape index (κ2) is 5.40. The molecule has 5 heteroatoms. The van der Waals surface area contributed by atoms with Crippen molar-refractivity contribution in [3.05, 3.63) is 36.9 Å². The summed E-state index contributed by atoms with van der Waals surface area (Å²) in [7, 11) is 0. The summed E-state index contributed by atoms with van der Waals surface area (Å²) in [5, 5.41) is 15.0. The van der Waals surface area contributed by atoms with E-state index in [-0.39, 0.29) is 6.10 Å². The first-order chi connectivity index (χ1) is 7.65. The third-order valence-corrected chi connectivity index (χ3v) is 5.13. The van der Waals surface area contributed by atoms with E-state index in [0.29, 0.717) is 12.8 Å². The van der Waals surface area contributed by atoms with Crippen LogP contribution < -0.4 is 0 Å². The van der Waals surface area contributed by atoms with Gasteiger partial charge in [-0.3, -0.25) is 0 Å². The van der Waals surface area contributed by atoms with Gasteiger partial charge in [0.2, 0.25) is 0 Å². The summed E-state index contributed by atoms with van der Waals surface area (Å²) in [6.45, 7) is 1.97. The third kappa shape index (κ3) is 3.13. The van der Waals surface area contributed by atoms with Crippen LogP contribution in [0.2, 0.25) is 0 Å². The summed E-state index contributed by atoms with van der Waals surface area (Å²) in [5.74, 6) is 0. The van der Waals surface area contributed by atoms with Gasteiger partial charge in [-0.25, -0.2) is 4.98 Å². The summed E-state index contributed by atoms with van der Waals surface area (Å²) in [6.07, 6.45) is 0.986. The number of aryl methyl sites for hydroxylation is 1. The third-order valence-electron chi connectivity index (χ3n) is 2.19. The number of aliphatic hydroxyl groups is 1. The van der Waals surface area contributed by atoms with E-state index < -0.39 is 0 Å². The fourth-order valence-corrected chi connectivity index (χ4v) is 3.89. The number of hydrogen-bond acceptors (Lipinski definition) is 4. The summed E-state index contributed by atoms with van der Waals surface area (Å²) in [5.41, 5.74) is 1.03. The highest BCUT2D eigenvalue weighted by atomic mass is 79.9. The number of nitrogens with zero attached hydrogens (tertiary/aromatic N) is 1. The zero-order chi connectivity index (χ0) is 11.5. The Labute approximate surface area is 111 Å². The van der Waals surface area contributed by atoms with Crippen molar-refractivity contribution in [2.75, 3.05) is 0 Å². The molecule has 1 unspecified atom stereocenters. The topological polar surface area (TPSA) is 33.1 Å². The van der Waals surface area contributed by atoms with Crippen molar-refractivity contribution in [3.8, 4) is 0 Å². The lowest BCUT2D eigenvalue weighted by molar-refractivity contribution is 0.176. The minimum atomic E-state index is -0.347. The predicted octanol–water partition coefficient (Wildman–Crippen LogP) is 3.42. The monoisotopic (exact) mass is 317 g/mol. The molecule has 0 spiro atoms. The molecular formula is C11H12BrNOS2. The molecule has 0 aromatic carbocycles. The summed E-state index contributed by atoms with van der Waals surface area (Å²) < 4.78 is 1.09. The molecule has 2 heterocycles. The zero-order valence-electron chi connectivity index (χ0n) is 8.81. The molecule has 1 N–H and O–H groups in total. The van der Waals surface area contributed by atoms with Crippen LogP contribution >= 0.6 is 38.6 Å². The first-order valence-electron chi connectivity index (χ1n) is 4.96. The van der Waals surface area contributed by atoms with Crippen LogP contribution in [0.25, 0.3) is 0 Å². The second-order valence-corrected chi connectivity index (χ2v) is 6.43. The lowest BCUT2D eigenvalue weighted by atomic mass is 10.2. The van der Waals surface area contributed by atoms with Crippen molar-refractivity contribution >= 4 is 38.6 Å². The molecule has 2 aromatic rings. The summed E-state index contributed by atoms with van der Waals surface area (Å²) in [4.78, 5) is 5.55. The molecule has 0 aliphatic rings. The van der Waals surface area contributed by atoms with E-state index >= 15 is 0 Å². The Hall–Kier alpha value is -0.230. The normalized spacial score (nSPS) is 12.9. The number of thiophene rings is 1. The number of aromatic nitrogens is 1. The van der Waals surface area contributed by atoms with E-state index in [0.717, 1.165) is 15.2 Å². The number of thiazole rings is 1. The molecule has 2 aromatic heterocycles. The molecule has 16 heavy (non-hydrogen) atoms. The molecule has 1 atom stereocenters. The van der Waals surface area contributed by atoms with Crippen LogP contribution in [0.4, 0.5) is 0 Å². The fraction of sp³-hybridized carbons (Fsp3) is 0.364. The molecule has 0 saturated carbocycles. The van der Waals surface area contributed by atoms with Gasteiger partial charge in [0.1, 0.15) is 0 Å². The maximum Gasteiger partial charge on any atom is 0.0954 e. The minimum Gasteiger partial charge on any atom is -0.392 e. The van der Waals surface area contributed by atoms with Gasteiger partial charge >= 0.3 is 0 Å². The lowest BCUT2D eigenvalue weighted by Crippen LogP contribution is -2.13. The molecule has 0 aliphatic carbocycles. The van der Waals surface area contributed by atoms with Crippen LogP contribution in [0, 0.1) is 6.92 Å². The Morgan fingerprint density at radius 3 is 2.81 bits per heavy atom. The molecule has 0 saturated heterocycles. The second-order valence-electron chi connectivity index (χ2n) is 3.64. The Balaban J connectivity index is 1.94. The first-order valence-corrected chi connectivity index (χ1v) is 7.51. The van der Waals surface area contributed by atoms with Crippen molar-refractivity contribution in [2.45, 2.75) is 25.9 Å². The van der Waals surface area contributed by atoms with Gasteiger partial charge in [-0.05, 0) is 34.3 Å². The molecule has 0 amide bonds. The van der Waals surface area contributed by atoms with Gasteiger partial charge in [0.15, 0.2) is 0 Å². The lowest BCUT2D eigenvalue weighted by Gasteiger charge is -2.07. The van der Waals surface area contributed by atoms with Crippen LogP contribution in [-0.4, -0.2) is 16.2 Å². The molecule has 86 valence electrons. The maximum absolute atomic E-state index is 9.96. The van der Waals surface area contributed by atoms with E-state index in [2.05, 4.69) is 20.9 Å². The highest BCUT2D eigenvalue weighted by Gasteiger charge is 2.12. The fourth-order valence-electron chi connectivity index (χ4n) is 1.45. The molecule has 0 radical (unpaired) electrons. The number of hydrogen-bond donors (Lipinski definition) is 1. The average molecular weight is 318 g/mol. The Morgan fingerprint density at radius 2 is 2.25 bits per heavy atom. The highest BCUT2D eigenvalue weighted by Crippen LogP contribution is 2.25. The molecule has 2 rings (SSSR count). The van der Waals surface area contributed by atoms with E-state index in [1.54, 1.807) is 22.7 Å². The molecule has 2 nitrogen and oxygen atoms in total. The van der Waals surface area contributed by atoms with Gasteiger partial charge in [-0.15, -0.1) is 22.7 Å². The summed E-state index contributed by atoms with van der Waals surface area (Å²) >= 11 is 6.76. The largest absolute Gasteiger partial charge is 0.392 e. The van der Waals surface area contributed by atoms with Crippen LogP contribution in [0.15, 0.2) is 21.3 Å². The predicted molar refractivity (Wildman–Crippen MR) is 72.3 cm³/mol. The van der Waals surface area contributed by atoms with Crippen LogP contribution in [0.5, 0.6) is 0 Å². The minimum absolute atomic E-state index is 0.347. The van der Waals surface area contributed by atoms with Gasteiger partial charge in [-0.2, -0.15) is 0 Å². The van der Waals surface area contributed by atoms with Gasteiger partial charge in [0, 0.05) is 33.3 Å². The van der Waals surface area contributed by atoms with Gasteiger partial charge < -0.3 is 5.11 Å². The SMILES string of the molecule is Cc1csc(CC(O)Cc2sccc2Br)n1. The maximum atomic E-state index is 9.96. The summed E-state index contributed by atoms with van der Waals surface area (Å²) in [6, 6.07) is 2.01. The van der Waals surface area contributed by atoms with Gasteiger partial charge in [-0.1, -0.05) is 0 Å². The van der Waals surface area contributed by atoms with E-state index in [1.807, 2.05) is 23.8 Å². The van der Waals surface area contributed by atoms with Crippen molar-refractivity contribution in [3.63, 3.8) is 0 Å². The molecule has 0 bridgehead atoms. The van der Waals surface area contributed by atoms with Crippen molar-refractivity contribution in [1.82, 2.24) is 4.98 Å². The number of halogens is 1. The Kier molecular flexibility index (Phi) is 4.13. The van der Waals surface area contributed by atoms with Crippen LogP contribution in [0.3, 0.4) is 0 Å². The Bertz CT molecular complexity index is 466. The van der Waals surface area contributed by atoms with Crippen molar-refractivity contribution in [2.24, 2.45) is 0 Å². The quantitative estimate of drug-likeness (QED) is 0.937. The van der Waals surface area contributed by atoms with Crippen LogP contribution in [-0.2, 0) is 12.8 Å². The van der Waals surface area contributed by atoms with Gasteiger partial charge in [0.05, 0.1) is 11.1 Å². The van der Waals surface area contributed by atoms with Crippen molar-refractivity contribution < 1.29 is 5.11 Å². The van der Waals surface area contributed by atoms with E-state index in [9.17, 15) is 5.11 Å². The van der Waals surface area contributed by atoms with Crippen LogP contribution in [0.1, 0.15) is 15.6 Å². The number of aliphatic hydroxyl groups excluding tert-OH is 1. The molecule has 0 aliphatic heterocycles. The molecule has 0 fully saturated rings. The standard InChI is InChI=1S/C11H12BrNOS2/c1-7-6-16-11(13-7)5-8(14)4-10-9(12)2-3-15-10/h2-3,6,8,14H,4-5H2,1H3. The van der Waals surface area contributed by atoms with E-state index in [4.69, 9.17) is 0 Å². The highest BCUT2D eigenvalue weighted by molar-refractivity contribution is 9.10. The zero-order valence-corrected chi connectivity index (χ0v) is 12.0. The smallest absolute Gasteiger partial charge is 0.0954 e.